The summed E-state index contributed by atoms with van der Waals surface area (Å²) in [6.45, 7) is 4.11. The van der Waals surface area contributed by atoms with Gasteiger partial charge in [-0.2, -0.15) is 0 Å². The van der Waals surface area contributed by atoms with Gasteiger partial charge in [0.1, 0.15) is 11.0 Å². The lowest BCUT2D eigenvalue weighted by Crippen LogP contribution is -2.15. The van der Waals surface area contributed by atoms with Gasteiger partial charge in [-0.05, 0) is 26.7 Å². The minimum Gasteiger partial charge on any atom is -0.387 e. The van der Waals surface area contributed by atoms with Gasteiger partial charge in [-0.3, -0.25) is 4.99 Å². The molecule has 76 valence electrons. The summed E-state index contributed by atoms with van der Waals surface area (Å²) in [6.07, 6.45) is 4.30. The number of nitrogens with two attached hydrogens (primary N) is 1. The van der Waals surface area contributed by atoms with Gasteiger partial charge in [0, 0.05) is 17.0 Å². The van der Waals surface area contributed by atoms with Crippen molar-refractivity contribution in [2.24, 2.45) is 16.6 Å². The molecule has 0 spiro atoms. The normalized spacial score (nSPS) is 19.7. The Hall–Kier alpha value is -0.900. The predicted molar refractivity (Wildman–Crippen MR) is 59.6 cm³/mol. The molecule has 2 N–H and O–H groups in total. The third kappa shape index (κ3) is 2.12. The van der Waals surface area contributed by atoms with Crippen LogP contribution in [0.5, 0.6) is 0 Å². The van der Waals surface area contributed by atoms with Crippen LogP contribution >= 0.6 is 11.3 Å². The van der Waals surface area contributed by atoms with Crippen molar-refractivity contribution in [1.29, 1.82) is 0 Å². The molecule has 0 aromatic carbocycles. The van der Waals surface area contributed by atoms with Gasteiger partial charge < -0.3 is 5.73 Å². The maximum atomic E-state index is 5.85. The van der Waals surface area contributed by atoms with Crippen molar-refractivity contribution < 1.29 is 0 Å². The van der Waals surface area contributed by atoms with Gasteiger partial charge in [0.05, 0.1) is 5.84 Å². The van der Waals surface area contributed by atoms with Gasteiger partial charge in [0.25, 0.3) is 0 Å². The topological polar surface area (TPSA) is 51.3 Å². The van der Waals surface area contributed by atoms with Gasteiger partial charge in [-0.25, -0.2) is 4.98 Å². The molecule has 2 rings (SSSR count). The fourth-order valence-electron chi connectivity index (χ4n) is 1.33. The van der Waals surface area contributed by atoms with E-state index in [2.05, 4.69) is 16.9 Å². The van der Waals surface area contributed by atoms with Crippen LogP contribution in [0.4, 0.5) is 0 Å². The molecule has 1 aliphatic rings. The Morgan fingerprint density at radius 1 is 1.71 bits per heavy atom. The number of hydrogen-bond acceptors (Lipinski definition) is 3. The highest BCUT2D eigenvalue weighted by Crippen LogP contribution is 2.30. The molecule has 14 heavy (non-hydrogen) atoms. The molecule has 1 aliphatic carbocycles. The number of aliphatic imine (C=N–C) groups is 1. The van der Waals surface area contributed by atoms with Crippen molar-refractivity contribution in [1.82, 2.24) is 4.98 Å². The van der Waals surface area contributed by atoms with E-state index in [9.17, 15) is 0 Å². The molecule has 1 fully saturated rings. The lowest BCUT2D eigenvalue weighted by molar-refractivity contribution is 0.798. The Balaban J connectivity index is 2.07. The monoisotopic (exact) mass is 209 g/mol. The van der Waals surface area contributed by atoms with Crippen molar-refractivity contribution >= 4 is 17.2 Å². The maximum Gasteiger partial charge on any atom is 0.117 e. The highest BCUT2D eigenvalue weighted by molar-refractivity contribution is 7.11. The molecule has 1 saturated carbocycles. The predicted octanol–water partition coefficient (Wildman–Crippen LogP) is 2.28. The molecule has 1 aromatic rings. The van der Waals surface area contributed by atoms with Crippen molar-refractivity contribution in [3.63, 3.8) is 0 Å². The Morgan fingerprint density at radius 3 is 2.93 bits per heavy atom. The number of amidine groups is 1. The van der Waals surface area contributed by atoms with Gasteiger partial charge >= 0.3 is 0 Å². The zero-order valence-electron chi connectivity index (χ0n) is 8.53. The van der Waals surface area contributed by atoms with Gasteiger partial charge in [-0.1, -0.05) is 0 Å². The lowest BCUT2D eigenvalue weighted by Gasteiger charge is -2.03. The number of nitrogens with zero attached hydrogens (tertiary/aromatic N) is 2. The lowest BCUT2D eigenvalue weighted by atomic mass is 10.3. The number of rotatable bonds is 3. The van der Waals surface area contributed by atoms with E-state index in [4.69, 9.17) is 5.73 Å². The zero-order valence-corrected chi connectivity index (χ0v) is 9.34. The minimum absolute atomic E-state index is 0.120. The highest BCUT2D eigenvalue weighted by atomic mass is 32.1. The van der Waals surface area contributed by atoms with Crippen LogP contribution in [0, 0.1) is 12.8 Å². The molecule has 0 saturated heterocycles. The molecule has 4 heteroatoms. The molecular formula is C10H15N3S. The number of aromatic nitrogens is 1. The fraction of sp³-hybridized carbons (Fsp3) is 0.600. The molecule has 0 bridgehead atoms. The molecule has 1 heterocycles. The molecule has 1 atom stereocenters. The third-order valence-corrected chi connectivity index (χ3v) is 3.42. The van der Waals surface area contributed by atoms with Crippen molar-refractivity contribution in [2.45, 2.75) is 32.7 Å². The first-order chi connectivity index (χ1) is 6.66. The Bertz CT molecular complexity index is 352. The maximum absolute atomic E-state index is 5.85. The van der Waals surface area contributed by atoms with Gasteiger partial charge in [-0.15, -0.1) is 11.3 Å². The average Bonchev–Trinajstić information content (AvgIpc) is 2.89. The molecule has 0 radical (unpaired) electrons. The third-order valence-electron chi connectivity index (χ3n) is 2.33. The van der Waals surface area contributed by atoms with E-state index in [1.807, 2.05) is 13.1 Å². The van der Waals surface area contributed by atoms with Crippen LogP contribution in [0.15, 0.2) is 11.2 Å². The van der Waals surface area contributed by atoms with E-state index in [0.717, 1.165) is 10.8 Å². The summed E-state index contributed by atoms with van der Waals surface area (Å²) in [5.74, 6) is 1.36. The van der Waals surface area contributed by atoms with Crippen LogP contribution in [0.2, 0.25) is 0 Å². The SMILES string of the molecule is Cc1cnc(C(C)N=C(N)C2CC2)s1. The summed E-state index contributed by atoms with van der Waals surface area (Å²) in [4.78, 5) is 10.00. The van der Waals surface area contributed by atoms with Crippen LogP contribution in [0.3, 0.4) is 0 Å². The zero-order chi connectivity index (χ0) is 10.1. The highest BCUT2D eigenvalue weighted by Gasteiger charge is 2.26. The first kappa shape index (κ1) is 9.65. The van der Waals surface area contributed by atoms with Crippen LogP contribution in [-0.2, 0) is 0 Å². The number of thiazole rings is 1. The van der Waals surface area contributed by atoms with Crippen molar-refractivity contribution in [3.8, 4) is 0 Å². The van der Waals surface area contributed by atoms with E-state index in [-0.39, 0.29) is 6.04 Å². The number of hydrogen-bond donors (Lipinski definition) is 1. The molecular weight excluding hydrogens is 194 g/mol. The fourth-order valence-corrected chi connectivity index (χ4v) is 2.09. The molecule has 3 nitrogen and oxygen atoms in total. The summed E-state index contributed by atoms with van der Waals surface area (Å²) < 4.78 is 0. The largest absolute Gasteiger partial charge is 0.387 e. The Kier molecular flexibility index (Phi) is 2.54. The summed E-state index contributed by atoms with van der Waals surface area (Å²) >= 11 is 1.70. The molecule has 1 unspecified atom stereocenters. The van der Waals surface area contributed by atoms with E-state index >= 15 is 0 Å². The second-order valence-corrected chi connectivity index (χ2v) is 5.08. The van der Waals surface area contributed by atoms with Crippen molar-refractivity contribution in [3.05, 3.63) is 16.1 Å². The van der Waals surface area contributed by atoms with Crippen molar-refractivity contribution in [2.75, 3.05) is 0 Å². The quantitative estimate of drug-likeness (QED) is 0.613. The van der Waals surface area contributed by atoms with Crippen LogP contribution in [-0.4, -0.2) is 10.8 Å². The van der Waals surface area contributed by atoms with Crippen LogP contribution < -0.4 is 5.73 Å². The first-order valence-corrected chi connectivity index (χ1v) is 5.74. The minimum atomic E-state index is 0.120. The van der Waals surface area contributed by atoms with Gasteiger partial charge in [0.15, 0.2) is 0 Å². The standard InChI is InChI=1S/C10H15N3S/c1-6-5-12-10(14-6)7(2)13-9(11)8-3-4-8/h5,7-8H,3-4H2,1-2H3,(H2,11,13). The Labute approximate surface area is 88.1 Å². The van der Waals surface area contributed by atoms with E-state index in [1.165, 1.54) is 17.7 Å². The van der Waals surface area contributed by atoms with E-state index in [0.29, 0.717) is 5.92 Å². The van der Waals surface area contributed by atoms with E-state index < -0.39 is 0 Å². The van der Waals surface area contributed by atoms with Gasteiger partial charge in [0.2, 0.25) is 0 Å². The molecule has 0 amide bonds. The van der Waals surface area contributed by atoms with Crippen LogP contribution in [0.1, 0.15) is 35.7 Å². The smallest absolute Gasteiger partial charge is 0.117 e. The summed E-state index contributed by atoms with van der Waals surface area (Å²) in [5, 5.41) is 1.06. The summed E-state index contributed by atoms with van der Waals surface area (Å²) in [7, 11) is 0. The number of aryl methyl sites for hydroxylation is 1. The summed E-state index contributed by atoms with van der Waals surface area (Å²) in [5.41, 5.74) is 5.85. The average molecular weight is 209 g/mol. The molecule has 0 aliphatic heterocycles. The first-order valence-electron chi connectivity index (χ1n) is 4.92. The molecule has 1 aromatic heterocycles. The summed E-state index contributed by atoms with van der Waals surface area (Å²) in [6, 6.07) is 0.120. The second kappa shape index (κ2) is 3.69. The van der Waals surface area contributed by atoms with E-state index in [1.54, 1.807) is 11.3 Å². The van der Waals surface area contributed by atoms with Crippen LogP contribution in [0.25, 0.3) is 0 Å². The Morgan fingerprint density at radius 2 is 2.43 bits per heavy atom. The second-order valence-electron chi connectivity index (χ2n) is 3.81.